The van der Waals surface area contributed by atoms with Gasteiger partial charge in [-0.2, -0.15) is 0 Å². The summed E-state index contributed by atoms with van der Waals surface area (Å²) in [5.74, 6) is 0.294. The van der Waals surface area contributed by atoms with Crippen molar-refractivity contribution in [3.63, 3.8) is 0 Å². The quantitative estimate of drug-likeness (QED) is 0.804. The summed E-state index contributed by atoms with van der Waals surface area (Å²) in [4.78, 5) is 11.8. The highest BCUT2D eigenvalue weighted by molar-refractivity contribution is 5.83. The van der Waals surface area contributed by atoms with E-state index in [9.17, 15) is 4.79 Å². The average Bonchev–Trinajstić information content (AvgIpc) is 2.75. The first kappa shape index (κ1) is 15.3. The van der Waals surface area contributed by atoms with Gasteiger partial charge in [0.05, 0.1) is 20.1 Å². The molecule has 3 heteroatoms. The van der Waals surface area contributed by atoms with E-state index in [-0.39, 0.29) is 11.9 Å². The molecular formula is C20H20O3. The zero-order valence-corrected chi connectivity index (χ0v) is 13.6. The number of carbonyl (C=O) groups is 1. The Bertz CT molecular complexity index is 774. The molecule has 0 heterocycles. The molecule has 2 aromatic carbocycles. The van der Waals surface area contributed by atoms with Crippen LogP contribution in [0.15, 0.2) is 42.5 Å². The summed E-state index contributed by atoms with van der Waals surface area (Å²) in [6.45, 7) is 1.86. The lowest BCUT2D eigenvalue weighted by Crippen LogP contribution is -2.11. The summed E-state index contributed by atoms with van der Waals surface area (Å²) >= 11 is 0. The summed E-state index contributed by atoms with van der Waals surface area (Å²) < 4.78 is 10.5. The molecule has 3 rings (SSSR count). The average molecular weight is 308 g/mol. The molecule has 1 aliphatic rings. The SMILES string of the molecule is COC(=O)C(C)c1ccc2c(c1)C(OC)=Cc1ccccc1C2. The van der Waals surface area contributed by atoms with Gasteiger partial charge >= 0.3 is 5.97 Å². The fraction of sp³-hybridized carbons (Fsp3) is 0.250. The number of hydrogen-bond donors (Lipinski definition) is 0. The molecule has 118 valence electrons. The molecule has 0 saturated carbocycles. The topological polar surface area (TPSA) is 35.5 Å². The van der Waals surface area contributed by atoms with Crippen molar-refractivity contribution in [2.24, 2.45) is 0 Å². The van der Waals surface area contributed by atoms with Crippen LogP contribution in [0.25, 0.3) is 11.8 Å². The fourth-order valence-corrected chi connectivity index (χ4v) is 2.99. The Morgan fingerprint density at radius 1 is 1.09 bits per heavy atom. The van der Waals surface area contributed by atoms with Crippen LogP contribution in [-0.2, 0) is 20.7 Å². The summed E-state index contributed by atoms with van der Waals surface area (Å²) in [5.41, 5.74) is 5.61. The van der Waals surface area contributed by atoms with Crippen molar-refractivity contribution < 1.29 is 14.3 Å². The Morgan fingerprint density at radius 2 is 1.87 bits per heavy atom. The number of methoxy groups -OCH3 is 2. The van der Waals surface area contributed by atoms with Gasteiger partial charge in [0.15, 0.2) is 0 Å². The van der Waals surface area contributed by atoms with E-state index in [4.69, 9.17) is 9.47 Å². The van der Waals surface area contributed by atoms with Crippen LogP contribution in [0, 0.1) is 0 Å². The number of rotatable bonds is 3. The van der Waals surface area contributed by atoms with Crippen LogP contribution >= 0.6 is 0 Å². The first-order valence-corrected chi connectivity index (χ1v) is 7.68. The predicted octanol–water partition coefficient (Wildman–Crippen LogP) is 4.01. The zero-order chi connectivity index (χ0) is 16.4. The molecule has 0 saturated heterocycles. The molecule has 0 spiro atoms. The van der Waals surface area contributed by atoms with Crippen molar-refractivity contribution in [3.8, 4) is 0 Å². The summed E-state index contributed by atoms with van der Waals surface area (Å²) in [6, 6.07) is 14.4. The number of esters is 1. The van der Waals surface area contributed by atoms with Crippen LogP contribution in [0.2, 0.25) is 0 Å². The van der Waals surface area contributed by atoms with Crippen molar-refractivity contribution in [3.05, 3.63) is 70.3 Å². The fourth-order valence-electron chi connectivity index (χ4n) is 2.99. The number of benzene rings is 2. The third kappa shape index (κ3) is 2.87. The van der Waals surface area contributed by atoms with Gasteiger partial charge in [0, 0.05) is 5.56 Å². The molecule has 0 amide bonds. The largest absolute Gasteiger partial charge is 0.496 e. The van der Waals surface area contributed by atoms with E-state index in [1.165, 1.54) is 23.8 Å². The van der Waals surface area contributed by atoms with Crippen molar-refractivity contribution in [2.75, 3.05) is 14.2 Å². The van der Waals surface area contributed by atoms with Gasteiger partial charge in [-0.1, -0.05) is 36.4 Å². The first-order valence-electron chi connectivity index (χ1n) is 7.68. The maximum absolute atomic E-state index is 11.8. The minimum Gasteiger partial charge on any atom is -0.496 e. The predicted molar refractivity (Wildman–Crippen MR) is 91.0 cm³/mol. The van der Waals surface area contributed by atoms with Crippen LogP contribution in [-0.4, -0.2) is 20.2 Å². The molecule has 1 unspecified atom stereocenters. The van der Waals surface area contributed by atoms with Gasteiger partial charge in [0.1, 0.15) is 5.76 Å². The molecule has 1 aliphatic carbocycles. The molecule has 0 aliphatic heterocycles. The van der Waals surface area contributed by atoms with E-state index in [1.54, 1.807) is 7.11 Å². The molecule has 1 atom stereocenters. The molecule has 3 nitrogen and oxygen atoms in total. The van der Waals surface area contributed by atoms with Gasteiger partial charge in [0.2, 0.25) is 0 Å². The minimum atomic E-state index is -0.297. The highest BCUT2D eigenvalue weighted by Gasteiger charge is 2.20. The van der Waals surface area contributed by atoms with E-state index in [2.05, 4.69) is 30.3 Å². The second kappa shape index (κ2) is 6.29. The second-order valence-electron chi connectivity index (χ2n) is 5.75. The van der Waals surface area contributed by atoms with Crippen molar-refractivity contribution in [2.45, 2.75) is 19.3 Å². The number of hydrogen-bond acceptors (Lipinski definition) is 3. The summed E-state index contributed by atoms with van der Waals surface area (Å²) in [6.07, 6.45) is 2.91. The minimum absolute atomic E-state index is 0.232. The van der Waals surface area contributed by atoms with Crippen molar-refractivity contribution in [1.82, 2.24) is 0 Å². The number of ether oxygens (including phenoxy) is 2. The molecule has 0 aromatic heterocycles. The van der Waals surface area contributed by atoms with Crippen molar-refractivity contribution >= 4 is 17.8 Å². The van der Waals surface area contributed by atoms with Crippen LogP contribution in [0.1, 0.15) is 40.7 Å². The Hall–Kier alpha value is -2.55. The third-order valence-corrected chi connectivity index (χ3v) is 4.40. The van der Waals surface area contributed by atoms with Crippen LogP contribution in [0.3, 0.4) is 0 Å². The zero-order valence-electron chi connectivity index (χ0n) is 13.6. The monoisotopic (exact) mass is 308 g/mol. The van der Waals surface area contributed by atoms with Crippen LogP contribution in [0.5, 0.6) is 0 Å². The van der Waals surface area contributed by atoms with E-state index >= 15 is 0 Å². The maximum Gasteiger partial charge on any atom is 0.312 e. The number of fused-ring (bicyclic) bond motifs is 2. The molecule has 0 bridgehead atoms. The molecule has 23 heavy (non-hydrogen) atoms. The van der Waals surface area contributed by atoms with Crippen LogP contribution < -0.4 is 0 Å². The van der Waals surface area contributed by atoms with Crippen molar-refractivity contribution in [1.29, 1.82) is 0 Å². The summed E-state index contributed by atoms with van der Waals surface area (Å²) in [7, 11) is 3.10. The third-order valence-electron chi connectivity index (χ3n) is 4.40. The van der Waals surface area contributed by atoms with Gasteiger partial charge in [-0.3, -0.25) is 4.79 Å². The molecule has 2 aromatic rings. The standard InChI is InChI=1S/C20H20O3/c1-13(20(21)23-3)14-8-9-17-10-15-6-4-5-7-16(15)12-19(22-2)18(17)11-14/h4-9,11-13H,10H2,1-3H3. The Morgan fingerprint density at radius 3 is 2.61 bits per heavy atom. The maximum atomic E-state index is 11.8. The Labute approximate surface area is 136 Å². The lowest BCUT2D eigenvalue weighted by Gasteiger charge is -2.15. The normalized spacial score (nSPS) is 14.0. The highest BCUT2D eigenvalue weighted by atomic mass is 16.5. The van der Waals surface area contributed by atoms with E-state index in [0.717, 1.165) is 23.3 Å². The first-order chi connectivity index (χ1) is 11.1. The molecule has 0 N–H and O–H groups in total. The van der Waals surface area contributed by atoms with Gasteiger partial charge in [-0.05, 0) is 47.7 Å². The lowest BCUT2D eigenvalue weighted by atomic mass is 9.93. The molecule has 0 radical (unpaired) electrons. The van der Waals surface area contributed by atoms with E-state index in [1.807, 2.05) is 25.1 Å². The van der Waals surface area contributed by atoms with Gasteiger partial charge in [-0.15, -0.1) is 0 Å². The van der Waals surface area contributed by atoms with E-state index < -0.39 is 0 Å². The second-order valence-corrected chi connectivity index (χ2v) is 5.75. The molecular weight excluding hydrogens is 288 g/mol. The van der Waals surface area contributed by atoms with Gasteiger partial charge in [-0.25, -0.2) is 0 Å². The van der Waals surface area contributed by atoms with Gasteiger partial charge in [0.25, 0.3) is 0 Å². The summed E-state index contributed by atoms with van der Waals surface area (Å²) in [5, 5.41) is 0. The number of carbonyl (C=O) groups excluding carboxylic acids is 1. The van der Waals surface area contributed by atoms with Gasteiger partial charge < -0.3 is 9.47 Å². The Balaban J connectivity index is 2.10. The highest BCUT2D eigenvalue weighted by Crippen LogP contribution is 2.32. The lowest BCUT2D eigenvalue weighted by molar-refractivity contribution is -0.141. The van der Waals surface area contributed by atoms with Crippen LogP contribution in [0.4, 0.5) is 0 Å². The Kier molecular flexibility index (Phi) is 4.20. The van der Waals surface area contributed by atoms with E-state index in [0.29, 0.717) is 0 Å². The smallest absolute Gasteiger partial charge is 0.312 e. The molecule has 0 fully saturated rings.